The van der Waals surface area contributed by atoms with Crippen molar-refractivity contribution in [3.63, 3.8) is 0 Å². The maximum absolute atomic E-state index is 13.4. The van der Waals surface area contributed by atoms with E-state index in [0.29, 0.717) is 16.8 Å². The molecule has 1 aromatic carbocycles. The van der Waals surface area contributed by atoms with Crippen LogP contribution in [0.15, 0.2) is 60.9 Å². The topological polar surface area (TPSA) is 71.0 Å². The number of hydrogen-bond donors (Lipinski definition) is 1. The van der Waals surface area contributed by atoms with Gasteiger partial charge in [0.2, 0.25) is 0 Å². The number of pyridine rings is 1. The van der Waals surface area contributed by atoms with Crippen molar-refractivity contribution in [3.05, 3.63) is 72.3 Å². The predicted octanol–water partition coefficient (Wildman–Crippen LogP) is 3.08. The van der Waals surface area contributed by atoms with Crippen LogP contribution in [0.5, 0.6) is 0 Å². The zero-order valence-corrected chi connectivity index (χ0v) is 15.3. The average molecular weight is 377 g/mol. The number of amides is 1. The van der Waals surface area contributed by atoms with Crippen molar-refractivity contribution in [3.8, 4) is 11.3 Å². The molecule has 0 unspecified atom stereocenters. The molecule has 142 valence electrons. The molecule has 3 heterocycles. The van der Waals surface area contributed by atoms with Gasteiger partial charge in [-0.05, 0) is 49.2 Å². The molecule has 1 fully saturated rings. The summed E-state index contributed by atoms with van der Waals surface area (Å²) in [5, 5.41) is 11.1. The summed E-state index contributed by atoms with van der Waals surface area (Å²) in [5.41, 5.74) is 1.81. The Kier molecular flexibility index (Phi) is 5.23. The van der Waals surface area contributed by atoms with E-state index in [1.807, 2.05) is 12.1 Å². The highest BCUT2D eigenvalue weighted by Gasteiger charge is 2.22. The van der Waals surface area contributed by atoms with Gasteiger partial charge >= 0.3 is 0 Å². The smallest absolute Gasteiger partial charge is 0.253 e. The van der Waals surface area contributed by atoms with Gasteiger partial charge in [-0.15, -0.1) is 5.10 Å². The van der Waals surface area contributed by atoms with E-state index < -0.39 is 0 Å². The number of hydrogen-bond acceptors (Lipinski definition) is 5. The van der Waals surface area contributed by atoms with Crippen molar-refractivity contribution < 1.29 is 9.18 Å². The van der Waals surface area contributed by atoms with Crippen LogP contribution in [0.1, 0.15) is 23.2 Å². The van der Waals surface area contributed by atoms with Gasteiger partial charge in [-0.2, -0.15) is 5.10 Å². The largest absolute Gasteiger partial charge is 0.355 e. The summed E-state index contributed by atoms with van der Waals surface area (Å²) in [7, 11) is 0. The number of piperidine rings is 1. The minimum absolute atomic E-state index is 0.114. The quantitative estimate of drug-likeness (QED) is 0.757. The Bertz CT molecular complexity index is 941. The van der Waals surface area contributed by atoms with Crippen LogP contribution in [0.25, 0.3) is 11.3 Å². The molecule has 0 bridgehead atoms. The monoisotopic (exact) mass is 377 g/mol. The van der Waals surface area contributed by atoms with E-state index in [0.717, 1.165) is 31.7 Å². The van der Waals surface area contributed by atoms with Crippen molar-refractivity contribution >= 4 is 11.7 Å². The van der Waals surface area contributed by atoms with Gasteiger partial charge < -0.3 is 10.2 Å². The van der Waals surface area contributed by atoms with Crippen molar-refractivity contribution in [2.75, 3.05) is 18.0 Å². The molecule has 0 atom stereocenters. The van der Waals surface area contributed by atoms with Crippen molar-refractivity contribution in [1.82, 2.24) is 20.5 Å². The molecule has 6 nitrogen and oxygen atoms in total. The van der Waals surface area contributed by atoms with E-state index in [4.69, 9.17) is 0 Å². The summed E-state index contributed by atoms with van der Waals surface area (Å²) in [4.78, 5) is 19.0. The Labute approximate surface area is 162 Å². The Morgan fingerprint density at radius 2 is 1.96 bits per heavy atom. The van der Waals surface area contributed by atoms with Gasteiger partial charge in [-0.1, -0.05) is 12.1 Å². The first kappa shape index (κ1) is 18.0. The molecule has 0 aliphatic carbocycles. The van der Waals surface area contributed by atoms with Gasteiger partial charge in [0.25, 0.3) is 5.91 Å². The summed E-state index contributed by atoms with van der Waals surface area (Å²) in [6.07, 6.45) is 4.88. The zero-order chi connectivity index (χ0) is 19.3. The third-order valence-corrected chi connectivity index (χ3v) is 4.86. The number of carbonyl (C=O) groups excluding carboxylic acids is 1. The number of halogens is 1. The van der Waals surface area contributed by atoms with Crippen LogP contribution >= 0.6 is 0 Å². The number of carbonyl (C=O) groups is 1. The van der Waals surface area contributed by atoms with Crippen LogP contribution < -0.4 is 10.2 Å². The van der Waals surface area contributed by atoms with Crippen molar-refractivity contribution in [2.45, 2.75) is 18.9 Å². The fraction of sp³-hybridized carbons (Fsp3) is 0.238. The maximum atomic E-state index is 13.4. The van der Waals surface area contributed by atoms with Gasteiger partial charge in [0.15, 0.2) is 5.82 Å². The molecular formula is C21H20FN5O. The molecule has 1 N–H and O–H groups in total. The lowest BCUT2D eigenvalue weighted by molar-refractivity contribution is 0.0930. The molecular weight excluding hydrogens is 357 g/mol. The highest BCUT2D eigenvalue weighted by Crippen LogP contribution is 2.19. The number of rotatable bonds is 4. The van der Waals surface area contributed by atoms with E-state index in [1.54, 1.807) is 30.5 Å². The van der Waals surface area contributed by atoms with Gasteiger partial charge in [0.1, 0.15) is 5.82 Å². The molecule has 7 heteroatoms. The van der Waals surface area contributed by atoms with Crippen LogP contribution in [0.3, 0.4) is 0 Å². The van der Waals surface area contributed by atoms with E-state index in [-0.39, 0.29) is 17.8 Å². The van der Waals surface area contributed by atoms with Crippen LogP contribution in [-0.2, 0) is 0 Å². The van der Waals surface area contributed by atoms with Crippen LogP contribution in [0, 0.1) is 5.82 Å². The molecule has 2 aromatic heterocycles. The average Bonchev–Trinajstić information content (AvgIpc) is 2.75. The van der Waals surface area contributed by atoms with Gasteiger partial charge in [0, 0.05) is 37.1 Å². The maximum Gasteiger partial charge on any atom is 0.253 e. The number of anilines is 1. The minimum atomic E-state index is -0.311. The van der Waals surface area contributed by atoms with Crippen molar-refractivity contribution in [1.29, 1.82) is 0 Å². The zero-order valence-electron chi connectivity index (χ0n) is 15.3. The summed E-state index contributed by atoms with van der Waals surface area (Å²) in [6.45, 7) is 1.64. The van der Waals surface area contributed by atoms with Gasteiger partial charge in [0.05, 0.1) is 11.3 Å². The first-order valence-corrected chi connectivity index (χ1v) is 9.24. The standard InChI is InChI=1S/C21H20FN5O/c22-17-4-1-3-15(13-17)19-7-6-16(14-23-19)21(28)25-18-8-11-27(12-9-18)20-5-2-10-24-26-20/h1-7,10,13-14,18H,8-9,11-12H2,(H,25,28). The molecule has 0 spiro atoms. The molecule has 1 amide bonds. The van der Waals surface area contributed by atoms with E-state index in [9.17, 15) is 9.18 Å². The van der Waals surface area contributed by atoms with E-state index >= 15 is 0 Å². The normalized spacial score (nSPS) is 14.7. The molecule has 4 rings (SSSR count). The summed E-state index contributed by atoms with van der Waals surface area (Å²) in [5.74, 6) is 0.412. The van der Waals surface area contributed by atoms with Crippen LogP contribution in [0.4, 0.5) is 10.2 Å². The number of benzene rings is 1. The molecule has 0 radical (unpaired) electrons. The molecule has 1 aliphatic rings. The Balaban J connectivity index is 1.34. The third-order valence-electron chi connectivity index (χ3n) is 4.86. The van der Waals surface area contributed by atoms with Gasteiger partial charge in [-0.25, -0.2) is 4.39 Å². The van der Waals surface area contributed by atoms with Crippen LogP contribution in [0.2, 0.25) is 0 Å². The fourth-order valence-corrected chi connectivity index (χ4v) is 3.33. The highest BCUT2D eigenvalue weighted by molar-refractivity contribution is 5.94. The first-order chi connectivity index (χ1) is 13.7. The molecule has 28 heavy (non-hydrogen) atoms. The lowest BCUT2D eigenvalue weighted by Crippen LogP contribution is -2.45. The van der Waals surface area contributed by atoms with Crippen LogP contribution in [-0.4, -0.2) is 40.2 Å². The lowest BCUT2D eigenvalue weighted by Gasteiger charge is -2.32. The molecule has 1 saturated heterocycles. The Hall–Kier alpha value is -3.35. The fourth-order valence-electron chi connectivity index (χ4n) is 3.33. The minimum Gasteiger partial charge on any atom is -0.355 e. The van der Waals surface area contributed by atoms with Crippen molar-refractivity contribution in [2.24, 2.45) is 0 Å². The SMILES string of the molecule is O=C(NC1CCN(c2cccnn2)CC1)c1ccc(-c2cccc(F)c2)nc1. The summed E-state index contributed by atoms with van der Waals surface area (Å²) >= 11 is 0. The molecule has 3 aromatic rings. The second-order valence-electron chi connectivity index (χ2n) is 6.76. The number of nitrogens with zero attached hydrogens (tertiary/aromatic N) is 4. The molecule has 0 saturated carbocycles. The van der Waals surface area contributed by atoms with E-state index in [2.05, 4.69) is 25.4 Å². The molecule has 1 aliphatic heterocycles. The lowest BCUT2D eigenvalue weighted by atomic mass is 10.0. The predicted molar refractivity (Wildman–Crippen MR) is 104 cm³/mol. The second kappa shape index (κ2) is 8.12. The highest BCUT2D eigenvalue weighted by atomic mass is 19.1. The third kappa shape index (κ3) is 4.14. The number of nitrogens with one attached hydrogen (secondary N) is 1. The Morgan fingerprint density at radius 1 is 1.11 bits per heavy atom. The second-order valence-corrected chi connectivity index (χ2v) is 6.76. The number of aromatic nitrogens is 3. The first-order valence-electron chi connectivity index (χ1n) is 9.24. The summed E-state index contributed by atoms with van der Waals surface area (Å²) in [6, 6.07) is 13.6. The summed E-state index contributed by atoms with van der Waals surface area (Å²) < 4.78 is 13.4. The van der Waals surface area contributed by atoms with Gasteiger partial charge in [-0.3, -0.25) is 9.78 Å². The van der Waals surface area contributed by atoms with E-state index in [1.165, 1.54) is 18.3 Å². The Morgan fingerprint density at radius 3 is 2.64 bits per heavy atom.